The maximum Gasteiger partial charge on any atom is 0.165 e. The third-order valence-electron chi connectivity index (χ3n) is 6.03. The molecule has 3 heterocycles. The number of aromatic nitrogens is 2. The molecule has 0 aliphatic carbocycles. The van der Waals surface area contributed by atoms with Crippen LogP contribution in [0.4, 0.5) is 0 Å². The number of nitrogens with one attached hydrogen (secondary N) is 3. The number of rotatable bonds is 12. The quantitative estimate of drug-likeness (QED) is 0.233. The molecule has 2 aromatic heterocycles. The Labute approximate surface area is 215 Å². The van der Waals surface area contributed by atoms with Gasteiger partial charge in [-0.15, -0.1) is 10.6 Å². The van der Waals surface area contributed by atoms with Crippen LogP contribution in [0.5, 0.6) is 0 Å². The van der Waals surface area contributed by atoms with E-state index in [2.05, 4.69) is 26.6 Å². The Balaban J connectivity index is 1.41. The first-order chi connectivity index (χ1) is 16.9. The third-order valence-corrected chi connectivity index (χ3v) is 6.47. The van der Waals surface area contributed by atoms with Gasteiger partial charge in [0.05, 0.1) is 11.6 Å². The average molecular weight is 517 g/mol. The van der Waals surface area contributed by atoms with Gasteiger partial charge < -0.3 is 9.30 Å². The van der Waals surface area contributed by atoms with E-state index in [0.29, 0.717) is 36.1 Å². The summed E-state index contributed by atoms with van der Waals surface area (Å²) in [6.45, 7) is 3.22. The van der Waals surface area contributed by atoms with E-state index in [1.54, 1.807) is 6.20 Å². The van der Waals surface area contributed by atoms with Crippen LogP contribution in [0, 0.1) is 5.92 Å². The fraction of sp³-hybridized carbons (Fsp3) is 0.400. The molecule has 0 amide bonds. The minimum atomic E-state index is 0.0962. The van der Waals surface area contributed by atoms with Crippen molar-refractivity contribution in [1.29, 1.82) is 0 Å². The van der Waals surface area contributed by atoms with Crippen molar-refractivity contribution in [3.63, 3.8) is 0 Å². The summed E-state index contributed by atoms with van der Waals surface area (Å²) in [5.74, 6) is 0.996. The number of hydrogen-bond acceptors (Lipinski definition) is 7. The summed E-state index contributed by atoms with van der Waals surface area (Å²) in [5, 5.41) is 6.15. The van der Waals surface area contributed by atoms with E-state index >= 15 is 0 Å². The number of pyridine rings is 1. The number of unbranched alkanes of at least 4 members (excludes halogenated alkanes) is 1. The molecule has 10 heteroatoms. The Morgan fingerprint density at radius 2 is 2.06 bits per heavy atom. The van der Waals surface area contributed by atoms with Crippen LogP contribution in [0.3, 0.4) is 0 Å². The molecule has 1 aliphatic rings. The number of Topliss-reactive ketones (excluding diaryl/α,β-unsaturated/α-hetero) is 1. The molecular formula is C25H30Cl2N6O2. The van der Waals surface area contributed by atoms with Crippen molar-refractivity contribution in [1.82, 2.24) is 26.0 Å². The van der Waals surface area contributed by atoms with Crippen LogP contribution in [-0.2, 0) is 24.8 Å². The second-order valence-corrected chi connectivity index (χ2v) is 9.77. The number of hydrazone groups is 1. The molecule has 0 bridgehead atoms. The van der Waals surface area contributed by atoms with E-state index in [1.165, 1.54) is 0 Å². The van der Waals surface area contributed by atoms with E-state index < -0.39 is 0 Å². The standard InChI is InChI=1S/C25H30Cl2N6O2/c1-16(11-23-29-31-32-30-23)10-22(34)24-20-13-19(27)14-28-25(20)33(2)21(24)8-3-4-9-35-15-17-6-5-7-18(26)12-17/h5-7,12-14,16,31-32H,3-4,8-11,15H2,1-2H3,(H,29,30)/t16-/m0/s1. The highest BCUT2D eigenvalue weighted by molar-refractivity contribution is 6.31. The average Bonchev–Trinajstić information content (AvgIpc) is 3.42. The zero-order chi connectivity index (χ0) is 24.8. The number of ketones is 1. The first-order valence-corrected chi connectivity index (χ1v) is 12.5. The summed E-state index contributed by atoms with van der Waals surface area (Å²) in [7, 11) is 1.96. The Hall–Kier alpha value is -2.65. The van der Waals surface area contributed by atoms with Crippen LogP contribution < -0.4 is 16.5 Å². The van der Waals surface area contributed by atoms with Crippen molar-refractivity contribution in [3.8, 4) is 0 Å². The number of amidine groups is 1. The van der Waals surface area contributed by atoms with Crippen molar-refractivity contribution < 1.29 is 9.53 Å². The number of hydrogen-bond donors (Lipinski definition) is 3. The van der Waals surface area contributed by atoms with E-state index in [0.717, 1.165) is 53.0 Å². The third kappa shape index (κ3) is 6.52. The molecule has 0 radical (unpaired) electrons. The molecule has 0 unspecified atom stereocenters. The molecule has 8 nitrogen and oxygen atoms in total. The Morgan fingerprint density at radius 1 is 1.20 bits per heavy atom. The molecule has 0 spiro atoms. The number of halogens is 2. The zero-order valence-electron chi connectivity index (χ0n) is 19.9. The number of ether oxygens (including phenoxy) is 1. The molecule has 3 aromatic rings. The van der Waals surface area contributed by atoms with Crippen molar-refractivity contribution >= 4 is 45.9 Å². The van der Waals surface area contributed by atoms with E-state index in [9.17, 15) is 4.79 Å². The molecule has 3 N–H and O–H groups in total. The summed E-state index contributed by atoms with van der Waals surface area (Å²) in [4.78, 5) is 18.0. The maximum absolute atomic E-state index is 13.5. The molecule has 0 saturated heterocycles. The van der Waals surface area contributed by atoms with Gasteiger partial charge in [-0.2, -0.15) is 0 Å². The Kier molecular flexibility index (Phi) is 8.62. The van der Waals surface area contributed by atoms with Gasteiger partial charge in [-0.1, -0.05) is 42.3 Å². The van der Waals surface area contributed by atoms with Gasteiger partial charge in [-0.25, -0.2) is 10.5 Å². The number of hydrazine groups is 2. The van der Waals surface area contributed by atoms with Crippen LogP contribution in [0.25, 0.3) is 11.0 Å². The maximum atomic E-state index is 13.5. The molecule has 1 atom stereocenters. The second kappa shape index (κ2) is 11.9. The molecule has 1 aliphatic heterocycles. The van der Waals surface area contributed by atoms with Crippen molar-refractivity contribution in [3.05, 3.63) is 63.4 Å². The van der Waals surface area contributed by atoms with Crippen LogP contribution in [0.1, 0.15) is 54.2 Å². The first-order valence-electron chi connectivity index (χ1n) is 11.7. The number of fused-ring (bicyclic) bond motifs is 1. The lowest BCUT2D eigenvalue weighted by Crippen LogP contribution is -2.35. The number of carbonyl (C=O) groups is 1. The summed E-state index contributed by atoms with van der Waals surface area (Å²) in [6, 6.07) is 9.53. The van der Waals surface area contributed by atoms with Gasteiger partial charge in [0.1, 0.15) is 11.5 Å². The Morgan fingerprint density at radius 3 is 2.83 bits per heavy atom. The minimum Gasteiger partial charge on any atom is -0.377 e. The second-order valence-electron chi connectivity index (χ2n) is 8.90. The molecular weight excluding hydrogens is 487 g/mol. The van der Waals surface area contributed by atoms with Gasteiger partial charge in [-0.3, -0.25) is 10.2 Å². The predicted molar refractivity (Wildman–Crippen MR) is 139 cm³/mol. The van der Waals surface area contributed by atoms with Gasteiger partial charge in [-0.05, 0) is 48.9 Å². The number of aryl methyl sites for hydroxylation is 1. The van der Waals surface area contributed by atoms with Crippen LogP contribution >= 0.6 is 23.2 Å². The number of benzene rings is 1. The normalized spacial score (nSPS) is 14.0. The highest BCUT2D eigenvalue weighted by Crippen LogP contribution is 2.30. The Bertz CT molecular complexity index is 1230. The van der Waals surface area contributed by atoms with Crippen LogP contribution in [0.15, 0.2) is 41.6 Å². The van der Waals surface area contributed by atoms with Crippen molar-refractivity contribution in [2.45, 2.75) is 45.6 Å². The SMILES string of the molecule is C[C@@H](CC(=O)c1c(CCCCOCc2cccc(Cl)c2)n(C)c2ncc(Cl)cc12)CC1=NNNN1. The lowest BCUT2D eigenvalue weighted by Gasteiger charge is -2.12. The number of carbonyl (C=O) groups excluding carboxylic acids is 1. The van der Waals surface area contributed by atoms with Gasteiger partial charge in [0.2, 0.25) is 0 Å². The largest absolute Gasteiger partial charge is 0.377 e. The van der Waals surface area contributed by atoms with E-state index in [1.807, 2.05) is 48.9 Å². The van der Waals surface area contributed by atoms with Gasteiger partial charge in [0.25, 0.3) is 0 Å². The van der Waals surface area contributed by atoms with E-state index in [-0.39, 0.29) is 11.7 Å². The number of nitrogens with zero attached hydrogens (tertiary/aromatic N) is 3. The molecule has 35 heavy (non-hydrogen) atoms. The molecule has 0 saturated carbocycles. The fourth-order valence-corrected chi connectivity index (χ4v) is 4.76. The summed E-state index contributed by atoms with van der Waals surface area (Å²) < 4.78 is 7.84. The topological polar surface area (TPSA) is 92.6 Å². The minimum absolute atomic E-state index is 0.0962. The highest BCUT2D eigenvalue weighted by atomic mass is 35.5. The predicted octanol–water partition coefficient (Wildman–Crippen LogP) is 4.94. The lowest BCUT2D eigenvalue weighted by molar-refractivity contribution is 0.0966. The van der Waals surface area contributed by atoms with Gasteiger partial charge in [0.15, 0.2) is 5.78 Å². The summed E-state index contributed by atoms with van der Waals surface area (Å²) >= 11 is 12.3. The first kappa shape index (κ1) is 25.4. The molecule has 186 valence electrons. The van der Waals surface area contributed by atoms with Crippen LogP contribution in [-0.4, -0.2) is 27.8 Å². The van der Waals surface area contributed by atoms with E-state index in [4.69, 9.17) is 27.9 Å². The molecule has 0 fully saturated rings. The van der Waals surface area contributed by atoms with Crippen molar-refractivity contribution in [2.75, 3.05) is 6.61 Å². The fourth-order valence-electron chi connectivity index (χ4n) is 4.39. The van der Waals surface area contributed by atoms with Crippen LogP contribution in [0.2, 0.25) is 10.0 Å². The molecule has 1 aromatic carbocycles. The smallest absolute Gasteiger partial charge is 0.165 e. The van der Waals surface area contributed by atoms with Crippen molar-refractivity contribution in [2.24, 2.45) is 18.1 Å². The monoisotopic (exact) mass is 516 g/mol. The lowest BCUT2D eigenvalue weighted by atomic mass is 9.94. The zero-order valence-corrected chi connectivity index (χ0v) is 21.4. The summed E-state index contributed by atoms with van der Waals surface area (Å²) in [6.07, 6.45) is 5.21. The van der Waals surface area contributed by atoms with Gasteiger partial charge >= 0.3 is 0 Å². The molecule has 4 rings (SSSR count). The van der Waals surface area contributed by atoms with Gasteiger partial charge in [0, 0.05) is 54.4 Å². The highest BCUT2D eigenvalue weighted by Gasteiger charge is 2.24. The summed E-state index contributed by atoms with van der Waals surface area (Å²) in [5.41, 5.74) is 11.9.